The molecule has 2 aromatic heterocycles. The van der Waals surface area contributed by atoms with E-state index in [0.717, 1.165) is 15.5 Å². The third-order valence-corrected chi connectivity index (χ3v) is 5.74. The molecule has 120 valence electrons. The van der Waals surface area contributed by atoms with Crippen LogP contribution >= 0.6 is 34.7 Å². The maximum Gasteiger partial charge on any atom is 0.273 e. The molecule has 0 saturated carbocycles. The number of hydrogen-bond acceptors (Lipinski definition) is 6. The molecule has 0 aliphatic heterocycles. The summed E-state index contributed by atoms with van der Waals surface area (Å²) in [5.74, 6) is 1.10. The van der Waals surface area contributed by atoms with Gasteiger partial charge < -0.3 is 4.74 Å². The van der Waals surface area contributed by atoms with E-state index in [1.54, 1.807) is 20.2 Å². The number of fused-ring (bicyclic) bond motifs is 1. The van der Waals surface area contributed by atoms with Gasteiger partial charge in [-0.1, -0.05) is 23.4 Å². The van der Waals surface area contributed by atoms with E-state index in [-0.39, 0.29) is 5.56 Å². The number of thiazole rings is 1. The average molecular weight is 368 g/mol. The molecule has 0 unspecified atom stereocenters. The van der Waals surface area contributed by atoms with Crippen molar-refractivity contribution in [2.75, 3.05) is 13.4 Å². The number of rotatable bonds is 3. The molecule has 0 fully saturated rings. The molecule has 5 nitrogen and oxygen atoms in total. The van der Waals surface area contributed by atoms with Gasteiger partial charge in [0.15, 0.2) is 9.99 Å². The Morgan fingerprint density at radius 3 is 2.74 bits per heavy atom. The summed E-state index contributed by atoms with van der Waals surface area (Å²) in [6.07, 6.45) is 1.93. The molecule has 0 radical (unpaired) electrons. The highest BCUT2D eigenvalue weighted by molar-refractivity contribution is 8.00. The monoisotopic (exact) mass is 367 g/mol. The first-order valence-corrected chi connectivity index (χ1v) is 9.14. The van der Waals surface area contributed by atoms with Crippen LogP contribution in [0.2, 0.25) is 5.02 Å². The molecule has 2 heterocycles. The second kappa shape index (κ2) is 6.14. The summed E-state index contributed by atoms with van der Waals surface area (Å²) in [6.45, 7) is 1.91. The van der Waals surface area contributed by atoms with E-state index in [0.29, 0.717) is 26.9 Å². The van der Waals surface area contributed by atoms with Crippen molar-refractivity contribution in [2.45, 2.75) is 11.3 Å². The highest BCUT2D eigenvalue weighted by Gasteiger charge is 2.19. The SMILES string of the molecule is COc1cc(Cl)cc(C)c1-c1nc2nc(SC)sc2c(=O)n1C. The van der Waals surface area contributed by atoms with E-state index in [9.17, 15) is 4.79 Å². The molecule has 0 bridgehead atoms. The van der Waals surface area contributed by atoms with Gasteiger partial charge in [-0.15, -0.1) is 11.3 Å². The van der Waals surface area contributed by atoms with Crippen LogP contribution in [-0.2, 0) is 7.05 Å². The van der Waals surface area contributed by atoms with Crippen molar-refractivity contribution in [3.05, 3.63) is 33.1 Å². The number of benzene rings is 1. The van der Waals surface area contributed by atoms with Crippen molar-refractivity contribution in [1.29, 1.82) is 0 Å². The Hall–Kier alpha value is -1.57. The van der Waals surface area contributed by atoms with Crippen LogP contribution in [0.1, 0.15) is 5.56 Å². The quantitative estimate of drug-likeness (QED) is 0.660. The fraction of sp³-hybridized carbons (Fsp3) is 0.267. The molecule has 0 aliphatic rings. The van der Waals surface area contributed by atoms with E-state index in [1.807, 2.05) is 19.2 Å². The molecular formula is C15H14ClN3O2S2. The maximum absolute atomic E-state index is 12.6. The average Bonchev–Trinajstić information content (AvgIpc) is 2.94. The number of thioether (sulfide) groups is 1. The maximum atomic E-state index is 12.6. The predicted octanol–water partition coefficient (Wildman–Crippen LogP) is 3.75. The standard InChI is InChI=1S/C15H14ClN3O2S2/c1-7-5-8(16)6-9(21-3)10(7)13-17-12-11(14(20)19(13)2)23-15(18-12)22-4/h5-6H,1-4H3. The van der Waals surface area contributed by atoms with Crippen LogP contribution in [0.4, 0.5) is 0 Å². The van der Waals surface area contributed by atoms with Crippen LogP contribution in [0.25, 0.3) is 21.7 Å². The van der Waals surface area contributed by atoms with Crippen LogP contribution in [0.3, 0.4) is 0 Å². The molecule has 3 aromatic rings. The van der Waals surface area contributed by atoms with Crippen LogP contribution in [-0.4, -0.2) is 27.9 Å². The number of aromatic nitrogens is 3. The molecule has 0 atom stereocenters. The predicted molar refractivity (Wildman–Crippen MR) is 96.2 cm³/mol. The summed E-state index contributed by atoms with van der Waals surface area (Å²) in [5.41, 5.74) is 1.99. The first kappa shape index (κ1) is 16.3. The summed E-state index contributed by atoms with van der Waals surface area (Å²) in [4.78, 5) is 21.7. The lowest BCUT2D eigenvalue weighted by Crippen LogP contribution is -2.20. The minimum absolute atomic E-state index is 0.112. The Morgan fingerprint density at radius 1 is 1.35 bits per heavy atom. The molecule has 1 aromatic carbocycles. The third kappa shape index (κ3) is 2.73. The first-order valence-electron chi connectivity index (χ1n) is 6.72. The lowest BCUT2D eigenvalue weighted by molar-refractivity contribution is 0.415. The zero-order chi connectivity index (χ0) is 16.7. The number of methoxy groups -OCH3 is 1. The van der Waals surface area contributed by atoms with Gasteiger partial charge in [-0.2, -0.15) is 0 Å². The fourth-order valence-electron chi connectivity index (χ4n) is 2.40. The minimum atomic E-state index is -0.112. The van der Waals surface area contributed by atoms with Gasteiger partial charge in [0, 0.05) is 12.1 Å². The van der Waals surface area contributed by atoms with Crippen LogP contribution in [0.15, 0.2) is 21.3 Å². The molecule has 0 amide bonds. The van der Waals surface area contributed by atoms with Gasteiger partial charge in [-0.25, -0.2) is 9.97 Å². The largest absolute Gasteiger partial charge is 0.496 e. The summed E-state index contributed by atoms with van der Waals surface area (Å²) < 4.78 is 8.35. The van der Waals surface area contributed by atoms with Gasteiger partial charge in [0.05, 0.1) is 12.7 Å². The lowest BCUT2D eigenvalue weighted by Gasteiger charge is -2.14. The second-order valence-corrected chi connectivity index (χ2v) is 7.43. The highest BCUT2D eigenvalue weighted by Crippen LogP contribution is 2.35. The van der Waals surface area contributed by atoms with E-state index < -0.39 is 0 Å². The van der Waals surface area contributed by atoms with Gasteiger partial charge in [0.25, 0.3) is 5.56 Å². The minimum Gasteiger partial charge on any atom is -0.496 e. The van der Waals surface area contributed by atoms with Gasteiger partial charge in [0.1, 0.15) is 16.3 Å². The summed E-state index contributed by atoms with van der Waals surface area (Å²) in [7, 11) is 3.27. The highest BCUT2D eigenvalue weighted by atomic mass is 35.5. The van der Waals surface area contributed by atoms with Gasteiger partial charge in [0.2, 0.25) is 0 Å². The zero-order valence-corrected chi connectivity index (χ0v) is 15.4. The van der Waals surface area contributed by atoms with E-state index >= 15 is 0 Å². The van der Waals surface area contributed by atoms with E-state index in [2.05, 4.69) is 9.97 Å². The Bertz CT molecular complexity index is 965. The van der Waals surface area contributed by atoms with Gasteiger partial charge >= 0.3 is 0 Å². The third-order valence-electron chi connectivity index (χ3n) is 3.50. The van der Waals surface area contributed by atoms with Gasteiger partial charge in [-0.05, 0) is 30.9 Å². The first-order chi connectivity index (χ1) is 11.0. The summed E-state index contributed by atoms with van der Waals surface area (Å²) >= 11 is 8.96. The summed E-state index contributed by atoms with van der Waals surface area (Å²) in [6, 6.07) is 3.54. The molecule has 8 heteroatoms. The number of ether oxygens (including phenoxy) is 1. The van der Waals surface area contributed by atoms with Crippen molar-refractivity contribution < 1.29 is 4.74 Å². The fourth-order valence-corrected chi connectivity index (χ4v) is 4.14. The van der Waals surface area contributed by atoms with E-state index in [4.69, 9.17) is 16.3 Å². The molecule has 3 rings (SSSR count). The Kier molecular flexibility index (Phi) is 4.35. The summed E-state index contributed by atoms with van der Waals surface area (Å²) in [5, 5.41) is 0.576. The van der Waals surface area contributed by atoms with Crippen molar-refractivity contribution in [3.8, 4) is 17.1 Å². The topological polar surface area (TPSA) is 57.0 Å². The van der Waals surface area contributed by atoms with Crippen LogP contribution in [0.5, 0.6) is 5.75 Å². The number of hydrogen-bond donors (Lipinski definition) is 0. The normalized spacial score (nSPS) is 11.2. The number of nitrogens with zero attached hydrogens (tertiary/aromatic N) is 3. The molecule has 0 saturated heterocycles. The Morgan fingerprint density at radius 2 is 2.09 bits per heavy atom. The smallest absolute Gasteiger partial charge is 0.273 e. The molecule has 0 aliphatic carbocycles. The molecule has 0 N–H and O–H groups in total. The lowest BCUT2D eigenvalue weighted by atomic mass is 10.1. The number of aryl methyl sites for hydroxylation is 1. The van der Waals surface area contributed by atoms with Crippen molar-refractivity contribution in [1.82, 2.24) is 14.5 Å². The zero-order valence-electron chi connectivity index (χ0n) is 13.0. The van der Waals surface area contributed by atoms with E-state index in [1.165, 1.54) is 27.7 Å². The molecular weight excluding hydrogens is 354 g/mol. The Balaban J connectivity index is 2.37. The number of halogens is 1. The van der Waals surface area contributed by atoms with Crippen LogP contribution < -0.4 is 10.3 Å². The second-order valence-electron chi connectivity index (χ2n) is 4.94. The Labute approximate surface area is 146 Å². The van der Waals surface area contributed by atoms with Crippen molar-refractivity contribution in [3.63, 3.8) is 0 Å². The van der Waals surface area contributed by atoms with Crippen molar-refractivity contribution in [2.24, 2.45) is 7.05 Å². The van der Waals surface area contributed by atoms with Crippen LogP contribution in [0, 0.1) is 6.92 Å². The molecule has 23 heavy (non-hydrogen) atoms. The van der Waals surface area contributed by atoms with Gasteiger partial charge in [-0.3, -0.25) is 9.36 Å². The molecule has 0 spiro atoms. The van der Waals surface area contributed by atoms with Crippen molar-refractivity contribution >= 4 is 45.0 Å².